The Morgan fingerprint density at radius 3 is 2.58 bits per heavy atom. The van der Waals surface area contributed by atoms with E-state index in [1.54, 1.807) is 19.1 Å². The maximum absolute atomic E-state index is 11.2. The minimum atomic E-state index is -1.15. The predicted octanol–water partition coefficient (Wildman–Crippen LogP) is 4.62. The normalized spacial score (nSPS) is 10.2. The maximum atomic E-state index is 11.2. The Morgan fingerprint density at radius 2 is 2.00 bits per heavy atom. The summed E-state index contributed by atoms with van der Waals surface area (Å²) >= 11 is 12.2. The number of carbonyl (C=O) groups is 1. The molecule has 0 aliphatic rings. The zero-order valence-electron chi connectivity index (χ0n) is 13.3. The Bertz CT molecular complexity index is 739. The summed E-state index contributed by atoms with van der Waals surface area (Å²) in [5, 5.41) is 13.4. The molecule has 2 rings (SSSR count). The van der Waals surface area contributed by atoms with Crippen LogP contribution in [0.3, 0.4) is 0 Å². The van der Waals surface area contributed by atoms with Crippen LogP contribution < -0.4 is 5.32 Å². The van der Waals surface area contributed by atoms with Gasteiger partial charge in [-0.15, -0.1) is 12.4 Å². The van der Waals surface area contributed by atoms with Crippen molar-refractivity contribution in [2.45, 2.75) is 26.7 Å². The molecular formula is C16H18Cl3N3O2. The first-order chi connectivity index (χ1) is 10.9. The van der Waals surface area contributed by atoms with Crippen LogP contribution >= 0.6 is 35.6 Å². The van der Waals surface area contributed by atoms with Crippen molar-refractivity contribution in [1.29, 1.82) is 0 Å². The SMILES string of the molecule is CCCNc1nc(C(=O)O)nc(C)c1Cc1ccc(Cl)cc1Cl.Cl. The number of aryl methyl sites for hydroxylation is 1. The van der Waals surface area contributed by atoms with Gasteiger partial charge in [0, 0.05) is 34.3 Å². The lowest BCUT2D eigenvalue weighted by atomic mass is 10.0. The summed E-state index contributed by atoms with van der Waals surface area (Å²) in [5.74, 6) is -0.835. The van der Waals surface area contributed by atoms with Gasteiger partial charge in [-0.3, -0.25) is 0 Å². The number of carboxylic acids is 1. The molecule has 0 saturated carbocycles. The topological polar surface area (TPSA) is 75.1 Å². The fourth-order valence-corrected chi connectivity index (χ4v) is 2.62. The van der Waals surface area contributed by atoms with Gasteiger partial charge in [-0.25, -0.2) is 14.8 Å². The minimum Gasteiger partial charge on any atom is -0.475 e. The van der Waals surface area contributed by atoms with E-state index in [9.17, 15) is 4.79 Å². The number of nitrogens with one attached hydrogen (secondary N) is 1. The van der Waals surface area contributed by atoms with Crippen LogP contribution in [-0.4, -0.2) is 27.6 Å². The van der Waals surface area contributed by atoms with E-state index in [1.165, 1.54) is 0 Å². The number of rotatable bonds is 6. The summed E-state index contributed by atoms with van der Waals surface area (Å²) in [4.78, 5) is 19.3. The number of aromatic nitrogens is 2. The third kappa shape index (κ3) is 4.97. The maximum Gasteiger partial charge on any atom is 0.374 e. The average molecular weight is 391 g/mol. The number of hydrogen-bond acceptors (Lipinski definition) is 4. The monoisotopic (exact) mass is 389 g/mol. The van der Waals surface area contributed by atoms with Crippen LogP contribution in [0.4, 0.5) is 5.82 Å². The van der Waals surface area contributed by atoms with Gasteiger partial charge in [0.2, 0.25) is 5.82 Å². The summed E-state index contributed by atoms with van der Waals surface area (Å²) in [7, 11) is 0. The van der Waals surface area contributed by atoms with E-state index in [1.807, 2.05) is 13.0 Å². The first-order valence-corrected chi connectivity index (χ1v) is 7.96. The number of benzene rings is 1. The largest absolute Gasteiger partial charge is 0.475 e. The summed E-state index contributed by atoms with van der Waals surface area (Å²) in [6.45, 7) is 4.48. The predicted molar refractivity (Wildman–Crippen MR) is 99.0 cm³/mol. The summed E-state index contributed by atoms with van der Waals surface area (Å²) in [6, 6.07) is 5.29. The van der Waals surface area contributed by atoms with Crippen LogP contribution in [0.25, 0.3) is 0 Å². The number of halogens is 3. The Morgan fingerprint density at radius 1 is 1.29 bits per heavy atom. The molecule has 8 heteroatoms. The van der Waals surface area contributed by atoms with Gasteiger partial charge in [0.15, 0.2) is 0 Å². The number of carboxylic acid groups (broad SMARTS) is 1. The van der Waals surface area contributed by atoms with Crippen molar-refractivity contribution < 1.29 is 9.90 Å². The van der Waals surface area contributed by atoms with Crippen LogP contribution in [0.15, 0.2) is 18.2 Å². The molecule has 1 aromatic heterocycles. The fraction of sp³-hybridized carbons (Fsp3) is 0.312. The standard InChI is InChI=1S/C16H17Cl2N3O2.ClH/c1-3-6-19-14-12(9(2)20-15(21-14)16(22)23)7-10-4-5-11(17)8-13(10)18;/h4-5,8H,3,6-7H2,1-2H3,(H,22,23)(H,19,20,21);1H. The molecule has 0 unspecified atom stereocenters. The van der Waals surface area contributed by atoms with E-state index >= 15 is 0 Å². The van der Waals surface area contributed by atoms with Crippen molar-refractivity contribution in [2.75, 3.05) is 11.9 Å². The quantitative estimate of drug-likeness (QED) is 0.752. The first-order valence-electron chi connectivity index (χ1n) is 7.21. The molecule has 0 bridgehead atoms. The third-order valence-electron chi connectivity index (χ3n) is 3.33. The molecule has 2 aromatic rings. The highest BCUT2D eigenvalue weighted by Gasteiger charge is 2.17. The zero-order chi connectivity index (χ0) is 17.0. The van der Waals surface area contributed by atoms with Crippen molar-refractivity contribution in [2.24, 2.45) is 0 Å². The van der Waals surface area contributed by atoms with Crippen LogP contribution in [0.5, 0.6) is 0 Å². The van der Waals surface area contributed by atoms with Gasteiger partial charge in [-0.2, -0.15) is 0 Å². The second-order valence-electron chi connectivity index (χ2n) is 5.10. The first kappa shape index (κ1) is 20.5. The Hall–Kier alpha value is -1.56. The molecule has 0 radical (unpaired) electrons. The Kier molecular flexibility index (Phi) is 7.73. The highest BCUT2D eigenvalue weighted by atomic mass is 35.5. The van der Waals surface area contributed by atoms with E-state index in [2.05, 4.69) is 15.3 Å². The van der Waals surface area contributed by atoms with Gasteiger partial charge < -0.3 is 10.4 Å². The molecule has 0 amide bonds. The Labute approximate surface area is 156 Å². The second-order valence-corrected chi connectivity index (χ2v) is 5.95. The van der Waals surface area contributed by atoms with Crippen LogP contribution in [0.2, 0.25) is 10.0 Å². The highest BCUT2D eigenvalue weighted by Crippen LogP contribution is 2.27. The molecular weight excluding hydrogens is 373 g/mol. The molecule has 1 heterocycles. The molecule has 24 heavy (non-hydrogen) atoms. The molecule has 0 spiro atoms. The van der Waals surface area contributed by atoms with Crippen LogP contribution in [-0.2, 0) is 6.42 Å². The van der Waals surface area contributed by atoms with E-state index < -0.39 is 5.97 Å². The van der Waals surface area contributed by atoms with E-state index in [0.717, 1.165) is 17.5 Å². The lowest BCUT2D eigenvalue weighted by molar-refractivity contribution is 0.0683. The number of aromatic carboxylic acids is 1. The van der Waals surface area contributed by atoms with Crippen LogP contribution in [0, 0.1) is 6.92 Å². The van der Waals surface area contributed by atoms with Gasteiger partial charge in [0.1, 0.15) is 5.82 Å². The van der Waals surface area contributed by atoms with Gasteiger partial charge in [0.25, 0.3) is 0 Å². The number of hydrogen-bond donors (Lipinski definition) is 2. The molecule has 0 fully saturated rings. The zero-order valence-corrected chi connectivity index (χ0v) is 15.6. The van der Waals surface area contributed by atoms with Gasteiger partial charge >= 0.3 is 5.97 Å². The summed E-state index contributed by atoms with van der Waals surface area (Å²) in [6.07, 6.45) is 1.39. The van der Waals surface area contributed by atoms with Gasteiger partial charge in [-0.05, 0) is 31.0 Å². The van der Waals surface area contributed by atoms with Gasteiger partial charge in [0.05, 0.1) is 0 Å². The molecule has 2 N–H and O–H groups in total. The number of anilines is 1. The summed E-state index contributed by atoms with van der Waals surface area (Å²) < 4.78 is 0. The molecule has 0 atom stereocenters. The lowest BCUT2D eigenvalue weighted by Gasteiger charge is -2.14. The van der Waals surface area contributed by atoms with E-state index in [0.29, 0.717) is 34.5 Å². The molecule has 0 aliphatic heterocycles. The average Bonchev–Trinajstić information content (AvgIpc) is 2.49. The lowest BCUT2D eigenvalue weighted by Crippen LogP contribution is -2.14. The van der Waals surface area contributed by atoms with Crippen molar-refractivity contribution in [3.05, 3.63) is 50.9 Å². The Balaban J connectivity index is 0.00000288. The fourth-order valence-electron chi connectivity index (χ4n) is 2.15. The molecule has 1 aromatic carbocycles. The molecule has 0 aliphatic carbocycles. The minimum absolute atomic E-state index is 0. The number of nitrogens with zero attached hydrogens (tertiary/aromatic N) is 2. The highest BCUT2D eigenvalue weighted by molar-refractivity contribution is 6.35. The van der Waals surface area contributed by atoms with Crippen molar-refractivity contribution >= 4 is 47.4 Å². The molecule has 130 valence electrons. The second kappa shape index (κ2) is 9.06. The third-order valence-corrected chi connectivity index (χ3v) is 3.92. The van der Waals surface area contributed by atoms with Crippen molar-refractivity contribution in [3.63, 3.8) is 0 Å². The van der Waals surface area contributed by atoms with Crippen molar-refractivity contribution in [3.8, 4) is 0 Å². The van der Waals surface area contributed by atoms with E-state index in [-0.39, 0.29) is 18.2 Å². The smallest absolute Gasteiger partial charge is 0.374 e. The van der Waals surface area contributed by atoms with E-state index in [4.69, 9.17) is 28.3 Å². The molecule has 0 saturated heterocycles. The summed E-state index contributed by atoms with van der Waals surface area (Å²) in [5.41, 5.74) is 2.32. The van der Waals surface area contributed by atoms with Gasteiger partial charge in [-0.1, -0.05) is 36.2 Å². The molecule has 5 nitrogen and oxygen atoms in total. The van der Waals surface area contributed by atoms with Crippen molar-refractivity contribution in [1.82, 2.24) is 9.97 Å². The van der Waals surface area contributed by atoms with Crippen LogP contribution in [0.1, 0.15) is 40.8 Å².